The summed E-state index contributed by atoms with van der Waals surface area (Å²) in [6, 6.07) is 11.8. The van der Waals surface area contributed by atoms with E-state index in [1.165, 1.54) is 6.07 Å². The van der Waals surface area contributed by atoms with Gasteiger partial charge in [0.25, 0.3) is 0 Å². The largest absolute Gasteiger partial charge is 0.486 e. The standard InChI is InChI=1S/C22H21F3O3/c1-2-27-21(26)18-12-17(18)13-6-8-14(9-7-13)28-20-11-10-15-16(20)4-3-5-19(15)22(23,24)25/h3-9,17-18,20H,2,10-12H2,1H3. The number of alkyl halides is 3. The first-order chi connectivity index (χ1) is 13.4. The molecule has 0 saturated heterocycles. The van der Waals surface area contributed by atoms with Crippen LogP contribution in [0.3, 0.4) is 0 Å². The molecule has 0 bridgehead atoms. The van der Waals surface area contributed by atoms with E-state index in [1.807, 2.05) is 24.3 Å². The average Bonchev–Trinajstić information content (AvgIpc) is 3.37. The number of carbonyl (C=O) groups is 1. The first-order valence-electron chi connectivity index (χ1n) is 9.50. The van der Waals surface area contributed by atoms with Gasteiger partial charge >= 0.3 is 12.1 Å². The fourth-order valence-electron chi connectivity index (χ4n) is 4.04. The van der Waals surface area contributed by atoms with Crippen LogP contribution in [-0.4, -0.2) is 12.6 Å². The second-order valence-corrected chi connectivity index (χ2v) is 7.29. The van der Waals surface area contributed by atoms with E-state index in [0.717, 1.165) is 18.1 Å². The Morgan fingerprint density at radius 3 is 2.57 bits per heavy atom. The zero-order chi connectivity index (χ0) is 19.9. The molecule has 3 unspecified atom stereocenters. The topological polar surface area (TPSA) is 35.5 Å². The van der Waals surface area contributed by atoms with Crippen molar-refractivity contribution in [3.63, 3.8) is 0 Å². The summed E-state index contributed by atoms with van der Waals surface area (Å²) in [5.41, 5.74) is 1.44. The van der Waals surface area contributed by atoms with E-state index in [9.17, 15) is 18.0 Å². The molecule has 0 amide bonds. The molecule has 1 fully saturated rings. The molecule has 0 heterocycles. The number of carbonyl (C=O) groups excluding carboxylic acids is 1. The Balaban J connectivity index is 1.44. The van der Waals surface area contributed by atoms with Crippen LogP contribution in [0.1, 0.15) is 54.0 Å². The van der Waals surface area contributed by atoms with Gasteiger partial charge in [-0.2, -0.15) is 13.2 Å². The van der Waals surface area contributed by atoms with Crippen molar-refractivity contribution in [3.8, 4) is 5.75 Å². The van der Waals surface area contributed by atoms with Crippen molar-refractivity contribution in [2.75, 3.05) is 6.61 Å². The van der Waals surface area contributed by atoms with Crippen LogP contribution >= 0.6 is 0 Å². The molecule has 4 rings (SSSR count). The third-order valence-corrected chi connectivity index (χ3v) is 5.49. The van der Waals surface area contributed by atoms with E-state index >= 15 is 0 Å². The van der Waals surface area contributed by atoms with Gasteiger partial charge in [0, 0.05) is 0 Å². The highest BCUT2D eigenvalue weighted by molar-refractivity contribution is 5.77. The van der Waals surface area contributed by atoms with Crippen molar-refractivity contribution in [1.29, 1.82) is 0 Å². The zero-order valence-corrected chi connectivity index (χ0v) is 15.5. The monoisotopic (exact) mass is 390 g/mol. The molecule has 2 aromatic rings. The predicted molar refractivity (Wildman–Crippen MR) is 97.1 cm³/mol. The van der Waals surface area contributed by atoms with Gasteiger partial charge in [0.2, 0.25) is 0 Å². The van der Waals surface area contributed by atoms with Crippen LogP contribution in [-0.2, 0) is 22.1 Å². The van der Waals surface area contributed by atoms with Crippen LogP contribution < -0.4 is 4.74 Å². The van der Waals surface area contributed by atoms with E-state index in [1.54, 1.807) is 13.0 Å². The molecule has 0 radical (unpaired) electrons. The number of ether oxygens (including phenoxy) is 2. The molecule has 0 N–H and O–H groups in total. The van der Waals surface area contributed by atoms with Gasteiger partial charge in [-0.3, -0.25) is 4.79 Å². The lowest BCUT2D eigenvalue weighted by Gasteiger charge is -2.17. The molecular weight excluding hydrogens is 369 g/mol. The van der Waals surface area contributed by atoms with Crippen molar-refractivity contribution in [2.45, 2.75) is 44.4 Å². The van der Waals surface area contributed by atoms with Gasteiger partial charge in [0.1, 0.15) is 11.9 Å². The number of hydrogen-bond donors (Lipinski definition) is 0. The first-order valence-corrected chi connectivity index (χ1v) is 9.50. The van der Waals surface area contributed by atoms with Crippen LogP contribution in [0.25, 0.3) is 0 Å². The van der Waals surface area contributed by atoms with E-state index in [2.05, 4.69) is 0 Å². The number of esters is 1. The van der Waals surface area contributed by atoms with Gasteiger partial charge in [-0.15, -0.1) is 0 Å². The summed E-state index contributed by atoms with van der Waals surface area (Å²) in [5, 5.41) is 0. The molecule has 6 heteroatoms. The second-order valence-electron chi connectivity index (χ2n) is 7.29. The Kier molecular flexibility index (Phi) is 4.81. The quantitative estimate of drug-likeness (QED) is 0.638. The lowest BCUT2D eigenvalue weighted by molar-refractivity contribution is -0.144. The smallest absolute Gasteiger partial charge is 0.416 e. The molecule has 0 spiro atoms. The van der Waals surface area contributed by atoms with Crippen LogP contribution in [0, 0.1) is 5.92 Å². The lowest BCUT2D eigenvalue weighted by Crippen LogP contribution is -2.09. The van der Waals surface area contributed by atoms with E-state index < -0.39 is 11.7 Å². The lowest BCUT2D eigenvalue weighted by atomic mass is 10.0. The Morgan fingerprint density at radius 1 is 1.14 bits per heavy atom. The summed E-state index contributed by atoms with van der Waals surface area (Å²) >= 11 is 0. The molecule has 28 heavy (non-hydrogen) atoms. The summed E-state index contributed by atoms with van der Waals surface area (Å²) in [5.74, 6) is 0.562. The normalized spacial score (nSPS) is 23.2. The maximum Gasteiger partial charge on any atom is 0.416 e. The predicted octanol–water partition coefficient (Wildman–Crippen LogP) is 5.44. The van der Waals surface area contributed by atoms with Gasteiger partial charge in [0.05, 0.1) is 18.1 Å². The van der Waals surface area contributed by atoms with Gasteiger partial charge in [-0.1, -0.05) is 24.3 Å². The van der Waals surface area contributed by atoms with Crippen molar-refractivity contribution in [3.05, 3.63) is 64.7 Å². The molecule has 148 valence electrons. The minimum atomic E-state index is -4.35. The summed E-state index contributed by atoms with van der Waals surface area (Å²) in [6.07, 6.45) is -3.05. The number of hydrogen-bond acceptors (Lipinski definition) is 3. The second kappa shape index (κ2) is 7.15. The van der Waals surface area contributed by atoms with Gasteiger partial charge in [-0.05, 0) is 67.0 Å². The number of rotatable bonds is 5. The summed E-state index contributed by atoms with van der Waals surface area (Å²) in [4.78, 5) is 11.8. The molecule has 2 aromatic carbocycles. The minimum Gasteiger partial charge on any atom is -0.486 e. The maximum absolute atomic E-state index is 13.2. The molecule has 1 saturated carbocycles. The summed E-state index contributed by atoms with van der Waals surface area (Å²) in [7, 11) is 0. The average molecular weight is 390 g/mol. The summed E-state index contributed by atoms with van der Waals surface area (Å²) in [6.45, 7) is 2.17. The first kappa shape index (κ1) is 18.8. The third-order valence-electron chi connectivity index (χ3n) is 5.49. The van der Waals surface area contributed by atoms with Crippen LogP contribution in [0.2, 0.25) is 0 Å². The van der Waals surface area contributed by atoms with Gasteiger partial charge in [0.15, 0.2) is 0 Å². The molecule has 2 aliphatic rings. The molecule has 3 nitrogen and oxygen atoms in total. The Bertz CT molecular complexity index is 874. The van der Waals surface area contributed by atoms with Crippen molar-refractivity contribution in [2.24, 2.45) is 5.92 Å². The highest BCUT2D eigenvalue weighted by atomic mass is 19.4. The number of benzene rings is 2. The maximum atomic E-state index is 13.2. The van der Waals surface area contributed by atoms with Gasteiger partial charge in [-0.25, -0.2) is 0 Å². The molecule has 2 aliphatic carbocycles. The summed E-state index contributed by atoms with van der Waals surface area (Å²) < 4.78 is 50.6. The molecule has 0 aliphatic heterocycles. The van der Waals surface area contributed by atoms with E-state index in [0.29, 0.717) is 36.3 Å². The third kappa shape index (κ3) is 3.60. The molecule has 3 atom stereocenters. The van der Waals surface area contributed by atoms with Crippen molar-refractivity contribution in [1.82, 2.24) is 0 Å². The SMILES string of the molecule is CCOC(=O)C1CC1c1ccc(OC2CCc3c2cccc3C(F)(F)F)cc1. The Hall–Kier alpha value is -2.50. The van der Waals surface area contributed by atoms with Gasteiger partial charge < -0.3 is 9.47 Å². The van der Waals surface area contributed by atoms with Crippen molar-refractivity contribution >= 4 is 5.97 Å². The van der Waals surface area contributed by atoms with Crippen molar-refractivity contribution < 1.29 is 27.4 Å². The number of halogens is 3. The molecular formula is C22H21F3O3. The molecule has 0 aromatic heterocycles. The zero-order valence-electron chi connectivity index (χ0n) is 15.5. The number of fused-ring (bicyclic) bond motifs is 1. The van der Waals surface area contributed by atoms with Crippen LogP contribution in [0.5, 0.6) is 5.75 Å². The Morgan fingerprint density at radius 2 is 1.89 bits per heavy atom. The fourth-order valence-corrected chi connectivity index (χ4v) is 4.04. The highest BCUT2D eigenvalue weighted by Crippen LogP contribution is 2.48. The van der Waals surface area contributed by atoms with E-state index in [-0.39, 0.29) is 23.9 Å². The Labute approximate surface area is 161 Å². The fraction of sp³-hybridized carbons (Fsp3) is 0.409. The van der Waals surface area contributed by atoms with E-state index in [4.69, 9.17) is 9.47 Å². The van der Waals surface area contributed by atoms with Crippen LogP contribution in [0.15, 0.2) is 42.5 Å². The minimum absolute atomic E-state index is 0.0748. The highest BCUT2D eigenvalue weighted by Gasteiger charge is 2.45. The van der Waals surface area contributed by atoms with Crippen LogP contribution in [0.4, 0.5) is 13.2 Å².